The maximum atomic E-state index is 12.1. The van der Waals surface area contributed by atoms with Crippen molar-refractivity contribution in [1.29, 1.82) is 0 Å². The van der Waals surface area contributed by atoms with Gasteiger partial charge in [-0.05, 0) is 31.9 Å². The lowest BCUT2D eigenvalue weighted by atomic mass is 10.3. The second kappa shape index (κ2) is 11.9. The summed E-state index contributed by atoms with van der Waals surface area (Å²) in [6, 6.07) is 3.47. The van der Waals surface area contributed by atoms with E-state index in [0.717, 1.165) is 36.8 Å². The lowest BCUT2D eigenvalue weighted by Gasteiger charge is -2.21. The molecular weight excluding hydrogens is 471 g/mol. The Morgan fingerprint density at radius 2 is 2.04 bits per heavy atom. The van der Waals surface area contributed by atoms with Crippen LogP contribution in [0.4, 0.5) is 0 Å². The number of unbranched alkanes of at least 4 members (excludes halogenated alkanes) is 1. The van der Waals surface area contributed by atoms with Gasteiger partial charge in [-0.3, -0.25) is 0 Å². The first-order valence-electron chi connectivity index (χ1n) is 7.94. The molecule has 0 amide bonds. The fraction of sp³-hybridized carbons (Fsp3) is 0.562. The number of rotatable bonds is 9. The molecule has 1 aromatic heterocycles. The fourth-order valence-corrected chi connectivity index (χ4v) is 4.41. The monoisotopic (exact) mass is 500 g/mol. The predicted octanol–water partition coefficient (Wildman–Crippen LogP) is 2.98. The number of halogens is 1. The molecule has 6 nitrogen and oxygen atoms in total. The van der Waals surface area contributed by atoms with E-state index in [9.17, 15) is 8.42 Å². The van der Waals surface area contributed by atoms with Crippen LogP contribution >= 0.6 is 35.3 Å². The van der Waals surface area contributed by atoms with E-state index in [0.29, 0.717) is 10.8 Å². The number of hydrogen-bond acceptors (Lipinski definition) is 4. The highest BCUT2D eigenvalue weighted by atomic mass is 127. The molecule has 0 aliphatic heterocycles. The van der Waals surface area contributed by atoms with E-state index in [2.05, 4.69) is 21.8 Å². The highest BCUT2D eigenvalue weighted by Gasteiger charge is 2.19. The van der Waals surface area contributed by atoms with Gasteiger partial charge in [-0.1, -0.05) is 6.08 Å². The van der Waals surface area contributed by atoms with Crippen molar-refractivity contribution in [2.24, 2.45) is 4.99 Å². The van der Waals surface area contributed by atoms with Gasteiger partial charge in [-0.2, -0.15) is 0 Å². The first-order valence-corrected chi connectivity index (χ1v) is 10.2. The van der Waals surface area contributed by atoms with Crippen molar-refractivity contribution in [1.82, 2.24) is 14.5 Å². The lowest BCUT2D eigenvalue weighted by molar-refractivity contribution is 0.470. The zero-order valence-electron chi connectivity index (χ0n) is 15.4. The van der Waals surface area contributed by atoms with Crippen molar-refractivity contribution in [2.45, 2.75) is 30.5 Å². The third-order valence-electron chi connectivity index (χ3n) is 3.35. The molecule has 1 N–H and O–H groups in total. The minimum atomic E-state index is -3.37. The second-order valence-electron chi connectivity index (χ2n) is 5.53. The van der Waals surface area contributed by atoms with Gasteiger partial charge in [0, 0.05) is 39.1 Å². The number of allylic oxidation sites excluding steroid dienone is 1. The summed E-state index contributed by atoms with van der Waals surface area (Å²) in [6.45, 7) is 7.90. The number of hydrogen-bond donors (Lipinski definition) is 1. The Bertz CT molecular complexity index is 657. The summed E-state index contributed by atoms with van der Waals surface area (Å²) in [5.74, 6) is 0.826. The van der Waals surface area contributed by atoms with Gasteiger partial charge >= 0.3 is 0 Å². The predicted molar refractivity (Wildman–Crippen MR) is 117 cm³/mol. The Balaban J connectivity index is 0.00000576. The van der Waals surface area contributed by atoms with Crippen LogP contribution < -0.4 is 5.32 Å². The fourth-order valence-electron chi connectivity index (χ4n) is 1.96. The zero-order valence-corrected chi connectivity index (χ0v) is 19.3. The molecule has 0 bridgehead atoms. The van der Waals surface area contributed by atoms with Gasteiger partial charge in [0.05, 0.1) is 6.54 Å². The lowest BCUT2D eigenvalue weighted by Crippen LogP contribution is -2.39. The SMILES string of the molecule is C=CCCCN(C)C(=NCc1ccc(S(=O)(=O)N(C)C)s1)NCC.I. The molecule has 0 radical (unpaired) electrons. The second-order valence-corrected chi connectivity index (χ2v) is 9.08. The van der Waals surface area contributed by atoms with Crippen molar-refractivity contribution in [3.05, 3.63) is 29.7 Å². The molecule has 1 aromatic rings. The van der Waals surface area contributed by atoms with Crippen LogP contribution in [0.1, 0.15) is 24.6 Å². The van der Waals surface area contributed by atoms with Crippen molar-refractivity contribution >= 4 is 51.3 Å². The minimum absolute atomic E-state index is 0. The number of nitrogens with zero attached hydrogens (tertiary/aromatic N) is 3. The topological polar surface area (TPSA) is 65.0 Å². The maximum absolute atomic E-state index is 12.1. The Morgan fingerprint density at radius 3 is 2.60 bits per heavy atom. The Morgan fingerprint density at radius 1 is 1.36 bits per heavy atom. The Hall–Kier alpha value is -0.650. The molecule has 0 aliphatic rings. The number of aliphatic imine (C=N–C) groups is 1. The number of sulfonamides is 1. The Labute approximate surface area is 173 Å². The summed E-state index contributed by atoms with van der Waals surface area (Å²) >= 11 is 1.27. The molecule has 1 rings (SSSR count). The normalized spacial score (nSPS) is 12.0. The molecule has 144 valence electrons. The minimum Gasteiger partial charge on any atom is -0.357 e. The highest BCUT2D eigenvalue weighted by molar-refractivity contribution is 14.0. The van der Waals surface area contributed by atoms with Crippen LogP contribution in [0.2, 0.25) is 0 Å². The third kappa shape index (κ3) is 7.63. The van der Waals surface area contributed by atoms with Gasteiger partial charge in [0.1, 0.15) is 4.21 Å². The van der Waals surface area contributed by atoms with Gasteiger partial charge in [0.15, 0.2) is 5.96 Å². The maximum Gasteiger partial charge on any atom is 0.252 e. The van der Waals surface area contributed by atoms with Crippen molar-refractivity contribution in [3.63, 3.8) is 0 Å². The van der Waals surface area contributed by atoms with Gasteiger partial charge < -0.3 is 10.2 Å². The molecular formula is C16H29IN4O2S2. The standard InChI is InChI=1S/C16H28N4O2S2.HI/c1-6-8-9-12-20(5)16(17-7-2)18-13-14-10-11-15(23-14)24(21,22)19(3)4;/h6,10-11H,1,7-9,12-13H2,2-5H3,(H,17,18);1H. The summed E-state index contributed by atoms with van der Waals surface area (Å²) in [5, 5.41) is 3.26. The number of guanidine groups is 1. The molecule has 0 saturated heterocycles. The summed E-state index contributed by atoms with van der Waals surface area (Å²) in [5.41, 5.74) is 0. The first kappa shape index (κ1) is 24.4. The van der Waals surface area contributed by atoms with Crippen LogP contribution in [0.5, 0.6) is 0 Å². The summed E-state index contributed by atoms with van der Waals surface area (Å²) in [7, 11) is 1.70. The smallest absolute Gasteiger partial charge is 0.252 e. The van der Waals surface area contributed by atoms with Crippen LogP contribution in [0.15, 0.2) is 34.0 Å². The van der Waals surface area contributed by atoms with Gasteiger partial charge in [0.2, 0.25) is 0 Å². The average molecular weight is 500 g/mol. The summed E-state index contributed by atoms with van der Waals surface area (Å²) < 4.78 is 25.8. The summed E-state index contributed by atoms with van der Waals surface area (Å²) in [6.07, 6.45) is 3.91. The summed E-state index contributed by atoms with van der Waals surface area (Å²) in [4.78, 5) is 7.61. The number of thiophene rings is 1. The first-order chi connectivity index (χ1) is 11.3. The quantitative estimate of drug-likeness (QED) is 0.186. The van der Waals surface area contributed by atoms with E-state index >= 15 is 0 Å². The molecule has 0 unspecified atom stereocenters. The molecule has 0 atom stereocenters. The van der Waals surface area contributed by atoms with Crippen molar-refractivity contribution in [3.8, 4) is 0 Å². The van der Waals surface area contributed by atoms with Crippen molar-refractivity contribution in [2.75, 3.05) is 34.2 Å². The third-order valence-corrected chi connectivity index (χ3v) is 6.71. The van der Waals surface area contributed by atoms with Gasteiger partial charge in [-0.25, -0.2) is 17.7 Å². The van der Waals surface area contributed by atoms with E-state index in [1.54, 1.807) is 6.07 Å². The van der Waals surface area contributed by atoms with Crippen LogP contribution in [-0.4, -0.2) is 57.8 Å². The van der Waals surface area contributed by atoms with E-state index in [-0.39, 0.29) is 24.0 Å². The zero-order chi connectivity index (χ0) is 18.2. The molecule has 9 heteroatoms. The molecule has 0 fully saturated rings. The highest BCUT2D eigenvalue weighted by Crippen LogP contribution is 2.24. The number of nitrogens with one attached hydrogen (secondary N) is 1. The van der Waals surface area contributed by atoms with Crippen LogP contribution in [0.25, 0.3) is 0 Å². The van der Waals surface area contributed by atoms with Crippen molar-refractivity contribution < 1.29 is 8.42 Å². The molecule has 25 heavy (non-hydrogen) atoms. The Kier molecular flexibility index (Phi) is 11.6. The van der Waals surface area contributed by atoms with E-state index < -0.39 is 10.0 Å². The van der Waals surface area contributed by atoms with Gasteiger partial charge in [-0.15, -0.1) is 41.9 Å². The van der Waals surface area contributed by atoms with Crippen LogP contribution in [0, 0.1) is 0 Å². The van der Waals surface area contributed by atoms with E-state index in [1.165, 1.54) is 29.7 Å². The van der Waals surface area contributed by atoms with E-state index in [1.807, 2.05) is 26.1 Å². The molecule has 1 heterocycles. The molecule has 0 aromatic carbocycles. The molecule has 0 aliphatic carbocycles. The van der Waals surface area contributed by atoms with Crippen LogP contribution in [-0.2, 0) is 16.6 Å². The van der Waals surface area contributed by atoms with Gasteiger partial charge in [0.25, 0.3) is 10.0 Å². The molecule has 0 spiro atoms. The largest absolute Gasteiger partial charge is 0.357 e. The molecule has 0 saturated carbocycles. The average Bonchev–Trinajstić information content (AvgIpc) is 3.01. The van der Waals surface area contributed by atoms with E-state index in [4.69, 9.17) is 0 Å². The van der Waals surface area contributed by atoms with Crippen LogP contribution in [0.3, 0.4) is 0 Å².